The fourth-order valence-corrected chi connectivity index (χ4v) is 4.02. The molecule has 1 aliphatic heterocycles. The highest BCUT2D eigenvalue weighted by Gasteiger charge is 2.30. The van der Waals surface area contributed by atoms with E-state index in [4.69, 9.17) is 0 Å². The van der Waals surface area contributed by atoms with Crippen LogP contribution in [0.2, 0.25) is 0 Å². The van der Waals surface area contributed by atoms with Crippen LogP contribution in [0.25, 0.3) is 0 Å². The van der Waals surface area contributed by atoms with Crippen LogP contribution in [0.4, 0.5) is 0 Å². The molecule has 5 heteroatoms. The Kier molecular flexibility index (Phi) is 5.72. The van der Waals surface area contributed by atoms with Crippen molar-refractivity contribution < 1.29 is 8.42 Å². The molecule has 0 spiro atoms. The Bertz CT molecular complexity index is 290. The van der Waals surface area contributed by atoms with Crippen LogP contribution in [0.3, 0.4) is 0 Å². The Balaban J connectivity index is 2.65. The summed E-state index contributed by atoms with van der Waals surface area (Å²) >= 11 is 0. The smallest absolute Gasteiger partial charge is 0.214 e. The number of hydrogen-bond acceptors (Lipinski definition) is 3. The maximum absolute atomic E-state index is 12.1. The van der Waals surface area contributed by atoms with E-state index in [-0.39, 0.29) is 11.8 Å². The second-order valence-corrected chi connectivity index (χ2v) is 6.43. The first kappa shape index (κ1) is 13.9. The van der Waals surface area contributed by atoms with Crippen molar-refractivity contribution in [1.29, 1.82) is 0 Å². The first-order valence-electron chi connectivity index (χ1n) is 6.32. The number of likely N-dealkylation sites (N-methyl/N-ethyl adjacent to an activating group) is 1. The van der Waals surface area contributed by atoms with Crippen molar-refractivity contribution in [2.45, 2.75) is 45.6 Å². The molecule has 0 aromatic rings. The summed E-state index contributed by atoms with van der Waals surface area (Å²) in [6.07, 6.45) is 3.85. The number of rotatable bonds is 6. The Labute approximate surface area is 99.5 Å². The van der Waals surface area contributed by atoms with E-state index in [0.29, 0.717) is 13.0 Å². The van der Waals surface area contributed by atoms with Gasteiger partial charge in [0.2, 0.25) is 10.0 Å². The molecule has 0 bridgehead atoms. The fourth-order valence-electron chi connectivity index (χ4n) is 2.23. The zero-order valence-corrected chi connectivity index (χ0v) is 11.2. The van der Waals surface area contributed by atoms with Crippen LogP contribution in [-0.2, 0) is 10.0 Å². The first-order valence-corrected chi connectivity index (χ1v) is 7.93. The van der Waals surface area contributed by atoms with Gasteiger partial charge < -0.3 is 5.32 Å². The molecular weight excluding hydrogens is 224 g/mol. The average molecular weight is 248 g/mol. The number of nitrogens with zero attached hydrogens (tertiary/aromatic N) is 1. The minimum atomic E-state index is -3.02. The van der Waals surface area contributed by atoms with Gasteiger partial charge in [-0.15, -0.1) is 0 Å². The molecule has 1 N–H and O–H groups in total. The summed E-state index contributed by atoms with van der Waals surface area (Å²) < 4.78 is 25.8. The van der Waals surface area contributed by atoms with Gasteiger partial charge in [0, 0.05) is 19.1 Å². The molecule has 0 aromatic carbocycles. The molecule has 4 nitrogen and oxygen atoms in total. The molecule has 1 unspecified atom stereocenters. The van der Waals surface area contributed by atoms with Gasteiger partial charge in [0.1, 0.15) is 0 Å². The van der Waals surface area contributed by atoms with E-state index in [2.05, 4.69) is 5.32 Å². The predicted molar refractivity (Wildman–Crippen MR) is 67.0 cm³/mol. The average Bonchev–Trinajstić information content (AvgIpc) is 2.26. The summed E-state index contributed by atoms with van der Waals surface area (Å²) in [5, 5.41) is 3.26. The Hall–Kier alpha value is -0.130. The lowest BCUT2D eigenvalue weighted by atomic mass is 10.1. The van der Waals surface area contributed by atoms with E-state index >= 15 is 0 Å². The van der Waals surface area contributed by atoms with Crippen LogP contribution >= 0.6 is 0 Å². The van der Waals surface area contributed by atoms with E-state index in [0.717, 1.165) is 32.4 Å². The molecule has 1 heterocycles. The number of sulfonamides is 1. The second kappa shape index (κ2) is 6.57. The van der Waals surface area contributed by atoms with Gasteiger partial charge in [0.15, 0.2) is 0 Å². The van der Waals surface area contributed by atoms with Crippen molar-refractivity contribution >= 4 is 10.0 Å². The standard InChI is InChI=1S/C11H24N2O2S/c1-3-9-16(14,15)13-8-6-5-7-11(13)10-12-4-2/h11-12H,3-10H2,1-2H3. The highest BCUT2D eigenvalue weighted by atomic mass is 32.2. The van der Waals surface area contributed by atoms with E-state index in [1.807, 2.05) is 13.8 Å². The van der Waals surface area contributed by atoms with Gasteiger partial charge in [-0.05, 0) is 25.8 Å². The summed E-state index contributed by atoms with van der Waals surface area (Å²) in [5.41, 5.74) is 0. The van der Waals surface area contributed by atoms with Gasteiger partial charge in [0.05, 0.1) is 5.75 Å². The van der Waals surface area contributed by atoms with E-state index in [9.17, 15) is 8.42 Å². The maximum atomic E-state index is 12.1. The van der Waals surface area contributed by atoms with Gasteiger partial charge in [-0.25, -0.2) is 8.42 Å². The molecule has 1 atom stereocenters. The Morgan fingerprint density at radius 1 is 1.31 bits per heavy atom. The number of piperidine rings is 1. The van der Waals surface area contributed by atoms with Crippen LogP contribution in [0, 0.1) is 0 Å². The molecule has 0 radical (unpaired) electrons. The third-order valence-electron chi connectivity index (χ3n) is 3.02. The summed E-state index contributed by atoms with van der Waals surface area (Å²) in [4.78, 5) is 0. The quantitative estimate of drug-likeness (QED) is 0.768. The van der Waals surface area contributed by atoms with Crippen LogP contribution in [0.1, 0.15) is 39.5 Å². The molecule has 1 rings (SSSR count). The summed E-state index contributed by atoms with van der Waals surface area (Å²) in [6.45, 7) is 6.37. The lowest BCUT2D eigenvalue weighted by molar-refractivity contribution is 0.246. The van der Waals surface area contributed by atoms with Gasteiger partial charge >= 0.3 is 0 Å². The number of nitrogens with one attached hydrogen (secondary N) is 1. The minimum absolute atomic E-state index is 0.172. The third kappa shape index (κ3) is 3.71. The van der Waals surface area contributed by atoms with Gasteiger partial charge in [-0.2, -0.15) is 4.31 Å². The zero-order valence-electron chi connectivity index (χ0n) is 10.4. The molecule has 16 heavy (non-hydrogen) atoms. The molecule has 0 aliphatic carbocycles. The molecule has 0 saturated carbocycles. The van der Waals surface area contributed by atoms with Crippen molar-refractivity contribution in [1.82, 2.24) is 9.62 Å². The van der Waals surface area contributed by atoms with E-state index in [1.165, 1.54) is 0 Å². The van der Waals surface area contributed by atoms with Gasteiger partial charge in [-0.1, -0.05) is 20.3 Å². The largest absolute Gasteiger partial charge is 0.315 e. The zero-order chi connectivity index (χ0) is 12.0. The SMILES string of the molecule is CCCS(=O)(=O)N1CCCCC1CNCC. The molecule has 96 valence electrons. The predicted octanol–water partition coefficient (Wildman–Crippen LogP) is 1.19. The fraction of sp³-hybridized carbons (Fsp3) is 1.00. The summed E-state index contributed by atoms with van der Waals surface area (Å²) in [5.74, 6) is 0.287. The minimum Gasteiger partial charge on any atom is -0.315 e. The lowest BCUT2D eigenvalue weighted by Crippen LogP contribution is -2.49. The molecule has 0 aromatic heterocycles. The van der Waals surface area contributed by atoms with E-state index in [1.54, 1.807) is 4.31 Å². The highest BCUT2D eigenvalue weighted by Crippen LogP contribution is 2.20. The maximum Gasteiger partial charge on any atom is 0.214 e. The van der Waals surface area contributed by atoms with Crippen LogP contribution < -0.4 is 5.32 Å². The van der Waals surface area contributed by atoms with E-state index < -0.39 is 10.0 Å². The topological polar surface area (TPSA) is 49.4 Å². The van der Waals surface area contributed by atoms with Crippen molar-refractivity contribution in [2.24, 2.45) is 0 Å². The van der Waals surface area contributed by atoms with Crippen LogP contribution in [0.15, 0.2) is 0 Å². The number of hydrogen-bond donors (Lipinski definition) is 1. The van der Waals surface area contributed by atoms with Crippen molar-refractivity contribution in [3.8, 4) is 0 Å². The Morgan fingerprint density at radius 3 is 2.69 bits per heavy atom. The molecule has 1 aliphatic rings. The Morgan fingerprint density at radius 2 is 2.06 bits per heavy atom. The second-order valence-electron chi connectivity index (χ2n) is 4.38. The van der Waals surface area contributed by atoms with Crippen molar-refractivity contribution in [3.63, 3.8) is 0 Å². The highest BCUT2D eigenvalue weighted by molar-refractivity contribution is 7.89. The van der Waals surface area contributed by atoms with Crippen LogP contribution in [-0.4, -0.2) is 44.2 Å². The summed E-state index contributed by atoms with van der Waals surface area (Å²) in [7, 11) is -3.02. The lowest BCUT2D eigenvalue weighted by Gasteiger charge is -2.34. The third-order valence-corrected chi connectivity index (χ3v) is 5.14. The first-order chi connectivity index (χ1) is 7.61. The van der Waals surface area contributed by atoms with Crippen molar-refractivity contribution in [2.75, 3.05) is 25.4 Å². The molecule has 1 saturated heterocycles. The molecule has 1 fully saturated rings. The molecular formula is C11H24N2O2S. The summed E-state index contributed by atoms with van der Waals surface area (Å²) in [6, 6.07) is 0.172. The van der Waals surface area contributed by atoms with Gasteiger partial charge in [0.25, 0.3) is 0 Å². The molecule has 0 amide bonds. The van der Waals surface area contributed by atoms with Crippen LogP contribution in [0.5, 0.6) is 0 Å². The van der Waals surface area contributed by atoms with Crippen molar-refractivity contribution in [3.05, 3.63) is 0 Å². The van der Waals surface area contributed by atoms with Gasteiger partial charge in [-0.3, -0.25) is 0 Å². The monoisotopic (exact) mass is 248 g/mol. The normalized spacial score (nSPS) is 23.5.